The molecule has 0 aromatic heterocycles. The van der Waals surface area contributed by atoms with E-state index in [0.29, 0.717) is 12.2 Å². The molecule has 0 aliphatic rings. The van der Waals surface area contributed by atoms with Gasteiger partial charge in [0, 0.05) is 18.7 Å². The summed E-state index contributed by atoms with van der Waals surface area (Å²) in [5.41, 5.74) is 1.61. The Morgan fingerprint density at radius 3 is 2.09 bits per heavy atom. The molecule has 2 amide bonds. The molecule has 0 heterocycles. The van der Waals surface area contributed by atoms with Crippen molar-refractivity contribution in [1.82, 2.24) is 10.2 Å². The fourth-order valence-electron chi connectivity index (χ4n) is 3.48. The van der Waals surface area contributed by atoms with Crippen LogP contribution in [0.1, 0.15) is 51.7 Å². The number of halogens is 1. The number of hydrogen-bond donors (Lipinski definition) is 1. The van der Waals surface area contributed by atoms with E-state index in [1.54, 1.807) is 25.1 Å². The first-order valence-electron chi connectivity index (χ1n) is 11.7. The number of nitrogens with zero attached hydrogens (tertiary/aromatic N) is 2. The Labute approximate surface area is 208 Å². The maximum absolute atomic E-state index is 14.4. The van der Waals surface area contributed by atoms with Crippen LogP contribution in [-0.4, -0.2) is 50.5 Å². The molecule has 0 bridgehead atoms. The summed E-state index contributed by atoms with van der Waals surface area (Å²) in [5, 5.41) is 2.79. The lowest BCUT2D eigenvalue weighted by molar-refractivity contribution is -0.139. The number of anilines is 1. The van der Waals surface area contributed by atoms with E-state index in [-0.39, 0.29) is 23.9 Å². The van der Waals surface area contributed by atoms with Crippen molar-refractivity contribution in [1.29, 1.82) is 0 Å². The van der Waals surface area contributed by atoms with Crippen molar-refractivity contribution in [2.75, 3.05) is 23.7 Å². The molecule has 7 nitrogen and oxygen atoms in total. The minimum Gasteiger partial charge on any atom is -0.354 e. The summed E-state index contributed by atoms with van der Waals surface area (Å²) >= 11 is 0. The van der Waals surface area contributed by atoms with Gasteiger partial charge in [0.1, 0.15) is 18.4 Å². The fourth-order valence-corrected chi connectivity index (χ4v) is 4.33. The lowest BCUT2D eigenvalue weighted by atomic mass is 10.0. The van der Waals surface area contributed by atoms with Gasteiger partial charge in [-0.3, -0.25) is 13.9 Å². The molecule has 9 heteroatoms. The number of hydrogen-bond acceptors (Lipinski definition) is 4. The number of nitrogens with one attached hydrogen (secondary N) is 1. The van der Waals surface area contributed by atoms with Crippen molar-refractivity contribution in [2.45, 2.75) is 53.1 Å². The minimum atomic E-state index is -3.82. The first-order chi connectivity index (χ1) is 16.3. The first-order valence-corrected chi connectivity index (χ1v) is 13.5. The highest BCUT2D eigenvalue weighted by Gasteiger charge is 2.30. The van der Waals surface area contributed by atoms with E-state index in [1.165, 1.54) is 23.1 Å². The van der Waals surface area contributed by atoms with Gasteiger partial charge >= 0.3 is 0 Å². The number of amides is 2. The smallest absolute Gasteiger partial charge is 0.244 e. The molecule has 0 aliphatic heterocycles. The average Bonchev–Trinajstić information content (AvgIpc) is 2.79. The predicted octanol–water partition coefficient (Wildman–Crippen LogP) is 3.90. The SMILES string of the molecule is CC(C)CNC(=O)[C@H](C)N(Cc1ccccc1F)C(=O)CN(c1ccc(C(C)C)cc1)S(C)(=O)=O. The summed E-state index contributed by atoms with van der Waals surface area (Å²) < 4.78 is 40.6. The van der Waals surface area contributed by atoms with E-state index in [9.17, 15) is 22.4 Å². The van der Waals surface area contributed by atoms with Gasteiger partial charge in [0.2, 0.25) is 21.8 Å². The zero-order valence-electron chi connectivity index (χ0n) is 21.3. The molecular formula is C26H36FN3O4S. The molecule has 0 aliphatic carbocycles. The van der Waals surface area contributed by atoms with Gasteiger partial charge in [-0.05, 0) is 42.5 Å². The van der Waals surface area contributed by atoms with Crippen LogP contribution in [0.3, 0.4) is 0 Å². The monoisotopic (exact) mass is 505 g/mol. The highest BCUT2D eigenvalue weighted by Crippen LogP contribution is 2.23. The normalized spacial score (nSPS) is 12.5. The molecule has 2 rings (SSSR count). The quantitative estimate of drug-likeness (QED) is 0.502. The van der Waals surface area contributed by atoms with Crippen molar-refractivity contribution >= 4 is 27.5 Å². The third kappa shape index (κ3) is 8.06. The summed E-state index contributed by atoms with van der Waals surface area (Å²) in [7, 11) is -3.82. The second-order valence-electron chi connectivity index (χ2n) is 9.44. The van der Waals surface area contributed by atoms with Crippen LogP contribution >= 0.6 is 0 Å². The number of carbonyl (C=O) groups excluding carboxylic acids is 2. The molecule has 2 aromatic carbocycles. The molecule has 0 saturated heterocycles. The zero-order chi connectivity index (χ0) is 26.3. The lowest BCUT2D eigenvalue weighted by Gasteiger charge is -2.31. The third-order valence-electron chi connectivity index (χ3n) is 5.68. The van der Waals surface area contributed by atoms with Gasteiger partial charge in [0.15, 0.2) is 0 Å². The fraction of sp³-hybridized carbons (Fsp3) is 0.462. The number of carbonyl (C=O) groups is 2. The van der Waals surface area contributed by atoms with E-state index in [0.717, 1.165) is 16.1 Å². The Balaban J connectivity index is 2.38. The Bertz CT molecular complexity index is 1120. The first kappa shape index (κ1) is 28.3. The van der Waals surface area contributed by atoms with Crippen molar-refractivity contribution in [2.24, 2.45) is 5.92 Å². The molecule has 2 aromatic rings. The van der Waals surface area contributed by atoms with Crippen LogP contribution in [-0.2, 0) is 26.2 Å². The Kier molecular flexibility index (Phi) is 9.82. The molecule has 0 radical (unpaired) electrons. The Hall–Kier alpha value is -2.94. The highest BCUT2D eigenvalue weighted by atomic mass is 32.2. The van der Waals surface area contributed by atoms with Crippen molar-refractivity contribution in [3.63, 3.8) is 0 Å². The van der Waals surface area contributed by atoms with Gasteiger partial charge < -0.3 is 10.2 Å². The maximum Gasteiger partial charge on any atom is 0.244 e. The van der Waals surface area contributed by atoms with Crippen LogP contribution in [0.2, 0.25) is 0 Å². The number of benzene rings is 2. The highest BCUT2D eigenvalue weighted by molar-refractivity contribution is 7.92. The average molecular weight is 506 g/mol. The van der Waals surface area contributed by atoms with E-state index in [4.69, 9.17) is 0 Å². The second-order valence-corrected chi connectivity index (χ2v) is 11.4. The van der Waals surface area contributed by atoms with Crippen LogP contribution in [0, 0.1) is 11.7 Å². The summed E-state index contributed by atoms with van der Waals surface area (Å²) in [4.78, 5) is 27.5. The lowest BCUT2D eigenvalue weighted by Crippen LogP contribution is -2.51. The third-order valence-corrected chi connectivity index (χ3v) is 6.82. The van der Waals surface area contributed by atoms with E-state index in [2.05, 4.69) is 5.32 Å². The van der Waals surface area contributed by atoms with Crippen LogP contribution in [0.15, 0.2) is 48.5 Å². The molecule has 0 unspecified atom stereocenters. The maximum atomic E-state index is 14.4. The molecule has 0 fully saturated rings. The summed E-state index contributed by atoms with van der Waals surface area (Å²) in [6, 6.07) is 12.0. The van der Waals surface area contributed by atoms with Gasteiger partial charge in [-0.1, -0.05) is 58.0 Å². The molecule has 1 atom stereocenters. The molecule has 192 valence electrons. The second kappa shape index (κ2) is 12.2. The van der Waals surface area contributed by atoms with E-state index in [1.807, 2.05) is 39.8 Å². The van der Waals surface area contributed by atoms with Crippen LogP contribution < -0.4 is 9.62 Å². The predicted molar refractivity (Wildman–Crippen MR) is 137 cm³/mol. The van der Waals surface area contributed by atoms with Gasteiger partial charge in [0.25, 0.3) is 0 Å². The molecule has 0 spiro atoms. The van der Waals surface area contributed by atoms with Crippen LogP contribution in [0.5, 0.6) is 0 Å². The van der Waals surface area contributed by atoms with Gasteiger partial charge in [-0.25, -0.2) is 12.8 Å². The Morgan fingerprint density at radius 2 is 1.57 bits per heavy atom. The number of sulfonamides is 1. The zero-order valence-corrected chi connectivity index (χ0v) is 22.1. The van der Waals surface area contributed by atoms with Crippen molar-refractivity contribution < 1.29 is 22.4 Å². The molecule has 0 saturated carbocycles. The van der Waals surface area contributed by atoms with Gasteiger partial charge in [-0.2, -0.15) is 0 Å². The summed E-state index contributed by atoms with van der Waals surface area (Å²) in [5.74, 6) is -1.05. The Morgan fingerprint density at radius 1 is 0.971 bits per heavy atom. The topological polar surface area (TPSA) is 86.8 Å². The summed E-state index contributed by atoms with van der Waals surface area (Å²) in [6.07, 6.45) is 1.02. The van der Waals surface area contributed by atoms with Crippen LogP contribution in [0.25, 0.3) is 0 Å². The molecule has 1 N–H and O–H groups in total. The van der Waals surface area contributed by atoms with E-state index >= 15 is 0 Å². The molecule has 35 heavy (non-hydrogen) atoms. The summed E-state index contributed by atoms with van der Waals surface area (Å²) in [6.45, 7) is 9.23. The van der Waals surface area contributed by atoms with Crippen molar-refractivity contribution in [3.8, 4) is 0 Å². The molecular weight excluding hydrogens is 469 g/mol. The van der Waals surface area contributed by atoms with Gasteiger partial charge in [0.05, 0.1) is 11.9 Å². The largest absolute Gasteiger partial charge is 0.354 e. The van der Waals surface area contributed by atoms with Gasteiger partial charge in [-0.15, -0.1) is 0 Å². The number of rotatable bonds is 11. The van der Waals surface area contributed by atoms with Crippen LogP contribution in [0.4, 0.5) is 10.1 Å². The van der Waals surface area contributed by atoms with E-state index < -0.39 is 40.2 Å². The standard InChI is InChI=1S/C26H36FN3O4S/c1-18(2)15-28-26(32)20(5)29(16-22-9-7-8-10-24(22)27)25(31)17-30(35(6,33)34)23-13-11-21(12-14-23)19(3)4/h7-14,18-20H,15-17H2,1-6H3,(H,28,32)/t20-/m0/s1. The minimum absolute atomic E-state index is 0.175. The van der Waals surface area contributed by atoms with Crippen molar-refractivity contribution in [3.05, 3.63) is 65.5 Å².